The van der Waals surface area contributed by atoms with Crippen molar-refractivity contribution in [2.45, 2.75) is 30.8 Å². The van der Waals surface area contributed by atoms with Gasteiger partial charge in [-0.05, 0) is 20.9 Å². The van der Waals surface area contributed by atoms with Crippen molar-refractivity contribution in [3.8, 4) is 0 Å². The Hall–Kier alpha value is -2.00. The molecule has 0 spiro atoms. The maximum atomic E-state index is 15.1. The summed E-state index contributed by atoms with van der Waals surface area (Å²) in [5, 5.41) is 0. The fourth-order valence-corrected chi connectivity index (χ4v) is 6.29. The van der Waals surface area contributed by atoms with Gasteiger partial charge in [0.15, 0.2) is 15.7 Å². The summed E-state index contributed by atoms with van der Waals surface area (Å²) >= 11 is 0. The third-order valence-electron chi connectivity index (χ3n) is 5.64. The van der Waals surface area contributed by atoms with E-state index in [1.807, 2.05) is 23.8 Å². The van der Waals surface area contributed by atoms with Crippen LogP contribution in [0.1, 0.15) is 18.1 Å². The van der Waals surface area contributed by atoms with Crippen LogP contribution in [0.4, 0.5) is 14.5 Å². The zero-order valence-electron chi connectivity index (χ0n) is 15.8. The summed E-state index contributed by atoms with van der Waals surface area (Å²) in [7, 11) is -0.508. The van der Waals surface area contributed by atoms with E-state index in [4.69, 9.17) is 0 Å². The Morgan fingerprint density at radius 1 is 1.19 bits per heavy atom. The number of hydrogen-bond donors (Lipinski definition) is 0. The molecule has 0 bridgehead atoms. The number of anilines is 1. The van der Waals surface area contributed by atoms with E-state index >= 15 is 8.78 Å². The number of piperazine rings is 1. The molecule has 0 aromatic heterocycles. The van der Waals surface area contributed by atoms with Crippen molar-refractivity contribution in [1.82, 2.24) is 9.80 Å². The first-order chi connectivity index (χ1) is 12.5. The summed E-state index contributed by atoms with van der Waals surface area (Å²) in [5.41, 5.74) is -0.267. The zero-order valence-corrected chi connectivity index (χ0v) is 16.6. The molecule has 0 saturated carbocycles. The summed E-state index contributed by atoms with van der Waals surface area (Å²) in [6.07, 6.45) is 0. The number of hydrogen-bond acceptors (Lipinski definition) is 6. The molecular weight excluding hydrogens is 374 g/mol. The van der Waals surface area contributed by atoms with Crippen LogP contribution in [0.5, 0.6) is 0 Å². The summed E-state index contributed by atoms with van der Waals surface area (Å²) in [5.74, 6) is -1.46. The van der Waals surface area contributed by atoms with Crippen LogP contribution in [0.25, 0.3) is 0 Å². The molecule has 2 unspecified atom stereocenters. The maximum absolute atomic E-state index is 15.1. The number of nitrogens with zero attached hydrogens (tertiary/aromatic N) is 4. The van der Waals surface area contributed by atoms with Gasteiger partial charge in [0.05, 0.1) is 23.0 Å². The minimum atomic E-state index is -3.99. The number of aliphatic imine (C=N–C) groups is 1. The Balaban J connectivity index is 2.13. The van der Waals surface area contributed by atoms with Gasteiger partial charge in [-0.3, -0.25) is 0 Å². The molecule has 1 saturated heterocycles. The van der Waals surface area contributed by atoms with Crippen LogP contribution in [0, 0.1) is 18.6 Å². The molecule has 0 aliphatic carbocycles. The molecule has 1 aromatic carbocycles. The number of amidine groups is 1. The smallest absolute Gasteiger partial charge is 0.184 e. The van der Waals surface area contributed by atoms with Gasteiger partial charge in [-0.15, -0.1) is 0 Å². The van der Waals surface area contributed by atoms with Crippen molar-refractivity contribution in [2.24, 2.45) is 4.99 Å². The van der Waals surface area contributed by atoms with Crippen LogP contribution in [-0.2, 0) is 9.84 Å². The van der Waals surface area contributed by atoms with Gasteiger partial charge < -0.3 is 14.7 Å². The Kier molecular flexibility index (Phi) is 3.91. The molecule has 3 heterocycles. The molecule has 6 nitrogen and oxygen atoms in total. The highest BCUT2D eigenvalue weighted by atomic mass is 32.2. The van der Waals surface area contributed by atoms with Crippen molar-refractivity contribution < 1.29 is 17.2 Å². The van der Waals surface area contributed by atoms with Crippen molar-refractivity contribution >= 4 is 21.4 Å². The molecule has 3 aliphatic heterocycles. The quantitative estimate of drug-likeness (QED) is 0.626. The lowest BCUT2D eigenvalue weighted by atomic mass is 10.00. The lowest BCUT2D eigenvalue weighted by Crippen LogP contribution is -2.60. The molecule has 1 fully saturated rings. The van der Waals surface area contributed by atoms with E-state index in [1.54, 1.807) is 7.05 Å². The third-order valence-corrected chi connectivity index (χ3v) is 7.47. The van der Waals surface area contributed by atoms with E-state index in [0.717, 1.165) is 0 Å². The fraction of sp³-hybridized carbons (Fsp3) is 0.500. The summed E-state index contributed by atoms with van der Waals surface area (Å²) in [6, 6.07) is -0.466. The van der Waals surface area contributed by atoms with E-state index in [0.29, 0.717) is 18.9 Å². The van der Waals surface area contributed by atoms with Crippen molar-refractivity contribution in [3.05, 3.63) is 35.2 Å². The van der Waals surface area contributed by atoms with Crippen LogP contribution in [0.2, 0.25) is 0 Å². The lowest BCUT2D eigenvalue weighted by molar-refractivity contribution is 0.115. The van der Waals surface area contributed by atoms with E-state index < -0.39 is 32.4 Å². The first-order valence-corrected chi connectivity index (χ1v) is 10.4. The summed E-state index contributed by atoms with van der Waals surface area (Å²) < 4.78 is 56.5. The Morgan fingerprint density at radius 3 is 2.52 bits per heavy atom. The third kappa shape index (κ3) is 2.44. The SMILES string of the molecule is C=C1N=C2c3c(c(F)c(C)c(F)c3S(=O)(=O)CC3CN(C)CC(C)N23)N1C. The highest BCUT2D eigenvalue weighted by Gasteiger charge is 2.46. The van der Waals surface area contributed by atoms with Crippen molar-refractivity contribution in [1.29, 1.82) is 0 Å². The molecule has 27 heavy (non-hydrogen) atoms. The second-order valence-corrected chi connectivity index (χ2v) is 9.60. The van der Waals surface area contributed by atoms with Gasteiger partial charge in [-0.1, -0.05) is 6.58 Å². The Labute approximate surface area is 157 Å². The monoisotopic (exact) mass is 396 g/mol. The molecule has 9 heteroatoms. The predicted molar refractivity (Wildman–Crippen MR) is 99.8 cm³/mol. The topological polar surface area (TPSA) is 56.2 Å². The highest BCUT2D eigenvalue weighted by Crippen LogP contribution is 2.43. The van der Waals surface area contributed by atoms with Gasteiger partial charge in [0.1, 0.15) is 22.4 Å². The molecule has 146 valence electrons. The van der Waals surface area contributed by atoms with Gasteiger partial charge >= 0.3 is 0 Å². The average molecular weight is 396 g/mol. The highest BCUT2D eigenvalue weighted by molar-refractivity contribution is 7.91. The van der Waals surface area contributed by atoms with Crippen LogP contribution in [0.15, 0.2) is 22.3 Å². The van der Waals surface area contributed by atoms with Crippen molar-refractivity contribution in [3.63, 3.8) is 0 Å². The number of benzene rings is 1. The first-order valence-electron chi connectivity index (χ1n) is 8.77. The second kappa shape index (κ2) is 5.75. The van der Waals surface area contributed by atoms with Gasteiger partial charge in [0.25, 0.3) is 0 Å². The molecule has 3 aliphatic rings. The van der Waals surface area contributed by atoms with Crippen LogP contribution in [-0.4, -0.2) is 69.1 Å². The normalized spacial score (nSPS) is 27.0. The Morgan fingerprint density at radius 2 is 1.85 bits per heavy atom. The molecule has 0 N–H and O–H groups in total. The molecular formula is C18H22F2N4O2S. The summed E-state index contributed by atoms with van der Waals surface area (Å²) in [4.78, 5) is 9.38. The lowest BCUT2D eigenvalue weighted by Gasteiger charge is -2.46. The van der Waals surface area contributed by atoms with Crippen molar-refractivity contribution in [2.75, 3.05) is 37.8 Å². The van der Waals surface area contributed by atoms with E-state index in [9.17, 15) is 8.42 Å². The van der Waals surface area contributed by atoms with Crippen LogP contribution < -0.4 is 4.90 Å². The Bertz CT molecular complexity index is 1010. The molecule has 0 amide bonds. The van der Waals surface area contributed by atoms with E-state index in [2.05, 4.69) is 11.6 Å². The fourth-order valence-electron chi connectivity index (χ4n) is 4.43. The summed E-state index contributed by atoms with van der Waals surface area (Å²) in [6.45, 7) is 8.29. The van der Waals surface area contributed by atoms with Gasteiger partial charge in [-0.2, -0.15) is 0 Å². The molecule has 0 radical (unpaired) electrons. The predicted octanol–water partition coefficient (Wildman–Crippen LogP) is 1.73. The van der Waals surface area contributed by atoms with Gasteiger partial charge in [0.2, 0.25) is 0 Å². The number of fused-ring (bicyclic) bond motifs is 2. The average Bonchev–Trinajstić information content (AvgIpc) is 2.64. The molecule has 1 aromatic rings. The minimum Gasteiger partial charge on any atom is -0.347 e. The van der Waals surface area contributed by atoms with Gasteiger partial charge in [-0.25, -0.2) is 22.2 Å². The number of sulfone groups is 1. The minimum absolute atomic E-state index is 0.0180. The number of rotatable bonds is 0. The first kappa shape index (κ1) is 18.4. The van der Waals surface area contributed by atoms with Crippen LogP contribution >= 0.6 is 0 Å². The molecule has 4 rings (SSSR count). The second-order valence-electron chi connectivity index (χ2n) is 7.63. The zero-order chi connectivity index (χ0) is 19.8. The van der Waals surface area contributed by atoms with Gasteiger partial charge in [0, 0.05) is 31.7 Å². The van der Waals surface area contributed by atoms with Crippen LogP contribution in [0.3, 0.4) is 0 Å². The maximum Gasteiger partial charge on any atom is 0.184 e. The largest absolute Gasteiger partial charge is 0.347 e. The number of halogens is 2. The van der Waals surface area contributed by atoms with E-state index in [-0.39, 0.29) is 34.4 Å². The molecule has 2 atom stereocenters. The number of likely N-dealkylation sites (N-methyl/N-ethyl adjacent to an activating group) is 1. The standard InChI is InChI=1S/C18H22F2N4O2S/c1-9-6-22(4)7-12-8-27(25,26)17-13-16(14(19)10(2)15(17)20)23(5)11(3)21-18(13)24(9)12/h9,12H,3,6-8H2,1-2,4-5H3. The van der Waals surface area contributed by atoms with E-state index in [1.165, 1.54) is 11.8 Å².